The summed E-state index contributed by atoms with van der Waals surface area (Å²) in [6.45, 7) is 6.21. The van der Waals surface area contributed by atoms with Gasteiger partial charge in [0.05, 0.1) is 0 Å². The Morgan fingerprint density at radius 3 is 2.59 bits per heavy atom. The van der Waals surface area contributed by atoms with Crippen LogP contribution in [0.1, 0.15) is 64.9 Å². The van der Waals surface area contributed by atoms with Crippen LogP contribution in [0.5, 0.6) is 0 Å². The lowest BCUT2D eigenvalue weighted by Crippen LogP contribution is -2.37. The highest BCUT2D eigenvalue weighted by atomic mass is 16.6. The average molecular weight is 404 g/mol. The van der Waals surface area contributed by atoms with Gasteiger partial charge in [0.2, 0.25) is 5.89 Å². The minimum Gasteiger partial charge on any atom is -0.444 e. The fourth-order valence-electron chi connectivity index (χ4n) is 3.93. The van der Waals surface area contributed by atoms with Crippen LogP contribution in [0.3, 0.4) is 0 Å². The van der Waals surface area contributed by atoms with Crippen LogP contribution < -0.4 is 11.1 Å². The fourth-order valence-corrected chi connectivity index (χ4v) is 3.93. The normalized spacial score (nSPS) is 22.2. The van der Waals surface area contributed by atoms with Crippen LogP contribution >= 0.6 is 0 Å². The van der Waals surface area contributed by atoms with Crippen molar-refractivity contribution in [2.75, 3.05) is 6.54 Å². The zero-order valence-electron chi connectivity index (χ0n) is 17.6. The molecule has 3 rings (SSSR count). The third-order valence-corrected chi connectivity index (χ3v) is 5.47. The first-order chi connectivity index (χ1) is 13.7. The molecule has 1 aromatic heterocycles. The summed E-state index contributed by atoms with van der Waals surface area (Å²) in [4.78, 5) is 16.1. The second kappa shape index (κ2) is 9.13. The average Bonchev–Trinajstić information content (AvgIpc) is 3.09. The summed E-state index contributed by atoms with van der Waals surface area (Å²) in [5.41, 5.74) is 7.18. The summed E-state index contributed by atoms with van der Waals surface area (Å²) < 4.78 is 10.9. The van der Waals surface area contributed by atoms with Gasteiger partial charge in [-0.2, -0.15) is 0 Å². The number of para-hydroxylation sites is 2. The van der Waals surface area contributed by atoms with E-state index in [1.807, 2.05) is 45.0 Å². The first-order valence-corrected chi connectivity index (χ1v) is 10.5. The Morgan fingerprint density at radius 1 is 1.28 bits per heavy atom. The van der Waals surface area contributed by atoms with Crippen molar-refractivity contribution >= 4 is 17.2 Å². The molecule has 2 atom stereocenters. The number of alkyl carbamates (subject to hydrolysis) is 1. The van der Waals surface area contributed by atoms with Gasteiger partial charge < -0.3 is 25.3 Å². The molecule has 7 heteroatoms. The van der Waals surface area contributed by atoms with Crippen molar-refractivity contribution in [3.8, 4) is 0 Å². The molecule has 1 heterocycles. The smallest absolute Gasteiger partial charge is 0.407 e. The monoisotopic (exact) mass is 403 g/mol. The van der Waals surface area contributed by atoms with Crippen molar-refractivity contribution in [1.29, 1.82) is 0 Å². The molecule has 0 bridgehead atoms. The second-order valence-corrected chi connectivity index (χ2v) is 9.13. The van der Waals surface area contributed by atoms with Gasteiger partial charge in [-0.1, -0.05) is 25.0 Å². The lowest BCUT2D eigenvalue weighted by molar-refractivity contribution is 0.0511. The van der Waals surface area contributed by atoms with Crippen molar-refractivity contribution < 1.29 is 19.1 Å². The predicted molar refractivity (Wildman–Crippen MR) is 111 cm³/mol. The molecule has 29 heavy (non-hydrogen) atoms. The topological polar surface area (TPSA) is 111 Å². The molecule has 0 radical (unpaired) electrons. The molecular weight excluding hydrogens is 370 g/mol. The first kappa shape index (κ1) is 21.6. The number of carbonyl (C=O) groups excluding carboxylic acids is 1. The van der Waals surface area contributed by atoms with Gasteiger partial charge in [-0.05, 0) is 64.0 Å². The molecule has 2 aromatic rings. The number of hydrogen-bond donors (Lipinski definition) is 3. The standard InChI is InChI=1S/C22H33N3O4/c1-22(2,3)29-21(27)24-13-15-10-8-14(9-11-15)12-16(23)19(26)20-25-17-6-4-5-7-18(17)28-20/h4-7,14-16,19,26H,8-13,23H2,1-3H3,(H,24,27)/t14-,15-,16-,19?/m0/s1. The quantitative estimate of drug-likeness (QED) is 0.674. The van der Waals surface area contributed by atoms with Gasteiger partial charge in [-0.25, -0.2) is 9.78 Å². The van der Waals surface area contributed by atoms with Crippen LogP contribution in [0.15, 0.2) is 28.7 Å². The van der Waals surface area contributed by atoms with Crippen molar-refractivity contribution in [3.63, 3.8) is 0 Å². The Bertz CT molecular complexity index is 773. The molecule has 1 aliphatic rings. The highest BCUT2D eigenvalue weighted by molar-refractivity contribution is 5.72. The van der Waals surface area contributed by atoms with Gasteiger partial charge in [0.25, 0.3) is 0 Å². The molecule has 1 fully saturated rings. The maximum Gasteiger partial charge on any atom is 0.407 e. The summed E-state index contributed by atoms with van der Waals surface area (Å²) >= 11 is 0. The van der Waals surface area contributed by atoms with Gasteiger partial charge in [0.15, 0.2) is 5.58 Å². The van der Waals surface area contributed by atoms with E-state index in [4.69, 9.17) is 14.9 Å². The molecule has 160 valence electrons. The number of amides is 1. The van der Waals surface area contributed by atoms with Crippen LogP contribution in [-0.4, -0.2) is 34.4 Å². The summed E-state index contributed by atoms with van der Waals surface area (Å²) in [5.74, 6) is 1.20. The number of ether oxygens (including phenoxy) is 1. The van der Waals surface area contributed by atoms with Gasteiger partial charge in [-0.15, -0.1) is 0 Å². The Kier molecular flexibility index (Phi) is 6.80. The Balaban J connectivity index is 1.42. The molecule has 1 aromatic carbocycles. The SMILES string of the molecule is CC(C)(C)OC(=O)NC[C@H]1CC[C@H](C[C@H](N)C(O)c2nc3ccccc3o2)CC1. The van der Waals surface area contributed by atoms with Crippen LogP contribution in [-0.2, 0) is 4.74 Å². The molecular formula is C22H33N3O4. The van der Waals surface area contributed by atoms with Crippen LogP contribution in [0, 0.1) is 11.8 Å². The summed E-state index contributed by atoms with van der Waals surface area (Å²) in [6, 6.07) is 7.03. The zero-order chi connectivity index (χ0) is 21.0. The van der Waals surface area contributed by atoms with E-state index in [1.165, 1.54) is 0 Å². The van der Waals surface area contributed by atoms with Crippen LogP contribution in [0.4, 0.5) is 4.79 Å². The van der Waals surface area contributed by atoms with E-state index >= 15 is 0 Å². The Morgan fingerprint density at radius 2 is 1.93 bits per heavy atom. The number of aliphatic hydroxyl groups excluding tert-OH is 1. The van der Waals surface area contributed by atoms with Gasteiger partial charge in [0.1, 0.15) is 17.2 Å². The van der Waals surface area contributed by atoms with E-state index in [0.29, 0.717) is 24.0 Å². The van der Waals surface area contributed by atoms with E-state index in [2.05, 4.69) is 10.3 Å². The van der Waals surface area contributed by atoms with Crippen LogP contribution in [0.2, 0.25) is 0 Å². The Labute approximate surface area is 172 Å². The van der Waals surface area contributed by atoms with Crippen molar-refractivity contribution in [2.24, 2.45) is 17.6 Å². The number of nitrogens with one attached hydrogen (secondary N) is 1. The number of rotatable bonds is 6. The molecule has 0 spiro atoms. The van der Waals surface area contributed by atoms with Crippen molar-refractivity contribution in [1.82, 2.24) is 10.3 Å². The zero-order valence-corrected chi connectivity index (χ0v) is 17.6. The molecule has 1 saturated carbocycles. The number of fused-ring (bicyclic) bond motifs is 1. The highest BCUT2D eigenvalue weighted by Crippen LogP contribution is 2.33. The third-order valence-electron chi connectivity index (χ3n) is 5.47. The maximum atomic E-state index is 11.8. The second-order valence-electron chi connectivity index (χ2n) is 9.13. The van der Waals surface area contributed by atoms with E-state index in [-0.39, 0.29) is 12.0 Å². The largest absolute Gasteiger partial charge is 0.444 e. The number of carbonyl (C=O) groups is 1. The summed E-state index contributed by atoms with van der Waals surface area (Å²) in [5, 5.41) is 13.4. The van der Waals surface area contributed by atoms with E-state index < -0.39 is 17.7 Å². The predicted octanol–water partition coefficient (Wildman–Crippen LogP) is 3.91. The van der Waals surface area contributed by atoms with E-state index in [1.54, 1.807) is 0 Å². The fraction of sp³-hybridized carbons (Fsp3) is 0.636. The van der Waals surface area contributed by atoms with Crippen molar-refractivity contribution in [3.05, 3.63) is 30.2 Å². The lowest BCUT2D eigenvalue weighted by Gasteiger charge is -2.31. The minimum atomic E-state index is -0.908. The maximum absolute atomic E-state index is 11.8. The molecule has 1 unspecified atom stereocenters. The summed E-state index contributed by atoms with van der Waals surface area (Å²) in [6.07, 6.45) is 3.60. The first-order valence-electron chi connectivity index (χ1n) is 10.5. The summed E-state index contributed by atoms with van der Waals surface area (Å²) in [7, 11) is 0. The van der Waals surface area contributed by atoms with Crippen LogP contribution in [0.25, 0.3) is 11.1 Å². The molecule has 7 nitrogen and oxygen atoms in total. The molecule has 1 aliphatic carbocycles. The van der Waals surface area contributed by atoms with Crippen molar-refractivity contribution in [2.45, 2.75) is 70.6 Å². The highest BCUT2D eigenvalue weighted by Gasteiger charge is 2.28. The van der Waals surface area contributed by atoms with Gasteiger partial charge >= 0.3 is 6.09 Å². The number of benzene rings is 1. The number of aliphatic hydroxyl groups is 1. The van der Waals surface area contributed by atoms with E-state index in [9.17, 15) is 9.90 Å². The molecule has 0 saturated heterocycles. The molecule has 1 amide bonds. The van der Waals surface area contributed by atoms with E-state index in [0.717, 1.165) is 37.6 Å². The molecule has 4 N–H and O–H groups in total. The minimum absolute atomic E-state index is 0.286. The lowest BCUT2D eigenvalue weighted by atomic mass is 9.78. The molecule has 0 aliphatic heterocycles. The number of nitrogens with two attached hydrogens (primary N) is 1. The van der Waals surface area contributed by atoms with Gasteiger partial charge in [0, 0.05) is 12.6 Å². The number of nitrogens with zero attached hydrogens (tertiary/aromatic N) is 1. The van der Waals surface area contributed by atoms with Gasteiger partial charge in [-0.3, -0.25) is 0 Å². The number of aromatic nitrogens is 1. The number of hydrogen-bond acceptors (Lipinski definition) is 6. The third kappa shape index (κ3) is 6.18. The Hall–Kier alpha value is -2.12. The number of oxazole rings is 1.